The smallest absolute Gasteiger partial charge is 0.120 e. The van der Waals surface area contributed by atoms with Gasteiger partial charge in [0.15, 0.2) is 0 Å². The minimum absolute atomic E-state index is 0.402. The summed E-state index contributed by atoms with van der Waals surface area (Å²) in [5.41, 5.74) is 1.16. The number of furan rings is 1. The van der Waals surface area contributed by atoms with E-state index in [1.165, 1.54) is 25.7 Å². The fourth-order valence-corrected chi connectivity index (χ4v) is 3.03. The number of rotatable bonds is 4. The Hall–Kier alpha value is -1.55. The van der Waals surface area contributed by atoms with Crippen molar-refractivity contribution in [2.45, 2.75) is 51.7 Å². The van der Waals surface area contributed by atoms with Crippen molar-refractivity contribution in [3.8, 4) is 0 Å². The summed E-state index contributed by atoms with van der Waals surface area (Å²) in [4.78, 5) is 2.52. The fraction of sp³-hybridized carbons (Fsp3) is 0.562. The third-order valence-corrected chi connectivity index (χ3v) is 4.12. The summed E-state index contributed by atoms with van der Waals surface area (Å²) in [7, 11) is 0. The van der Waals surface area contributed by atoms with E-state index in [1.54, 1.807) is 6.26 Å². The highest BCUT2D eigenvalue weighted by Gasteiger charge is 2.25. The molecule has 0 amide bonds. The molecule has 2 aromatic rings. The van der Waals surface area contributed by atoms with Crippen molar-refractivity contribution < 1.29 is 4.42 Å². The van der Waals surface area contributed by atoms with Crippen molar-refractivity contribution >= 4 is 0 Å². The normalized spacial score (nSPS) is 20.9. The van der Waals surface area contributed by atoms with E-state index in [1.807, 2.05) is 10.7 Å². The Balaban J connectivity index is 1.76. The lowest BCUT2D eigenvalue weighted by Gasteiger charge is -2.27. The summed E-state index contributed by atoms with van der Waals surface area (Å²) in [6.45, 7) is 5.10. The van der Waals surface area contributed by atoms with Crippen LogP contribution in [-0.4, -0.2) is 21.2 Å². The Morgan fingerprint density at radius 3 is 3.00 bits per heavy atom. The van der Waals surface area contributed by atoms with Crippen LogP contribution in [0.2, 0.25) is 0 Å². The van der Waals surface area contributed by atoms with Gasteiger partial charge in [0.1, 0.15) is 5.76 Å². The minimum Gasteiger partial charge on any atom is -0.468 e. The van der Waals surface area contributed by atoms with Gasteiger partial charge in [-0.15, -0.1) is 0 Å². The molecular formula is C16H23N3O. The quantitative estimate of drug-likeness (QED) is 0.853. The average Bonchev–Trinajstić information content (AvgIpc) is 3.09. The van der Waals surface area contributed by atoms with Gasteiger partial charge in [0.2, 0.25) is 0 Å². The van der Waals surface area contributed by atoms with Crippen LogP contribution < -0.4 is 0 Å². The van der Waals surface area contributed by atoms with Gasteiger partial charge in [-0.2, -0.15) is 5.10 Å². The lowest BCUT2D eigenvalue weighted by Crippen LogP contribution is -2.28. The summed E-state index contributed by atoms with van der Waals surface area (Å²) < 4.78 is 7.65. The molecular weight excluding hydrogens is 250 g/mol. The van der Waals surface area contributed by atoms with Gasteiger partial charge in [0.05, 0.1) is 18.0 Å². The third kappa shape index (κ3) is 2.96. The molecule has 2 aromatic heterocycles. The molecule has 0 spiro atoms. The minimum atomic E-state index is 0.402. The lowest BCUT2D eigenvalue weighted by molar-refractivity contribution is 0.167. The Morgan fingerprint density at radius 2 is 2.25 bits per heavy atom. The molecule has 3 rings (SSSR count). The maximum absolute atomic E-state index is 5.66. The first-order valence-electron chi connectivity index (χ1n) is 7.66. The number of hydrogen-bond acceptors (Lipinski definition) is 3. The van der Waals surface area contributed by atoms with Crippen LogP contribution in [0.25, 0.3) is 0 Å². The fourth-order valence-electron chi connectivity index (χ4n) is 3.03. The van der Waals surface area contributed by atoms with Gasteiger partial charge >= 0.3 is 0 Å². The summed E-state index contributed by atoms with van der Waals surface area (Å²) in [5.74, 6) is 1.10. The van der Waals surface area contributed by atoms with Crippen molar-refractivity contribution in [3.05, 3.63) is 42.1 Å². The molecule has 0 radical (unpaired) electrons. The number of likely N-dealkylation sites (tertiary alicyclic amines) is 1. The molecule has 1 fully saturated rings. The van der Waals surface area contributed by atoms with Crippen molar-refractivity contribution in [2.75, 3.05) is 6.54 Å². The zero-order chi connectivity index (χ0) is 13.8. The lowest BCUT2D eigenvalue weighted by atomic mass is 10.1. The van der Waals surface area contributed by atoms with Crippen LogP contribution in [0.3, 0.4) is 0 Å². The molecule has 0 aliphatic carbocycles. The van der Waals surface area contributed by atoms with E-state index in [9.17, 15) is 0 Å². The van der Waals surface area contributed by atoms with Crippen molar-refractivity contribution in [3.63, 3.8) is 0 Å². The Kier molecular flexibility index (Phi) is 4.21. The predicted octanol–water partition coefficient (Wildman–Crippen LogP) is 3.61. The highest BCUT2D eigenvalue weighted by atomic mass is 16.3. The van der Waals surface area contributed by atoms with Crippen LogP contribution in [0.1, 0.15) is 50.1 Å². The molecule has 0 saturated carbocycles. The van der Waals surface area contributed by atoms with Gasteiger partial charge in [-0.1, -0.05) is 12.8 Å². The molecule has 0 N–H and O–H groups in total. The van der Waals surface area contributed by atoms with Crippen molar-refractivity contribution in [1.29, 1.82) is 0 Å². The molecule has 1 atom stereocenters. The zero-order valence-electron chi connectivity index (χ0n) is 12.2. The molecule has 0 bridgehead atoms. The maximum Gasteiger partial charge on any atom is 0.120 e. The average molecular weight is 273 g/mol. The van der Waals surface area contributed by atoms with Crippen LogP contribution in [0.5, 0.6) is 0 Å². The number of nitrogens with zero attached hydrogens (tertiary/aromatic N) is 3. The van der Waals surface area contributed by atoms with Crippen LogP contribution in [0.4, 0.5) is 0 Å². The standard InChI is InChI=1S/C16H23N3O/c1-2-19-11-9-14(17-19)13-18-10-5-3-4-7-15(18)16-8-6-12-20-16/h6,8-9,11-12,15H,2-5,7,10,13H2,1H3/t15-/m1/s1. The van der Waals surface area contributed by atoms with Gasteiger partial charge < -0.3 is 4.42 Å². The monoisotopic (exact) mass is 273 g/mol. The van der Waals surface area contributed by atoms with Gasteiger partial charge in [0, 0.05) is 19.3 Å². The van der Waals surface area contributed by atoms with Gasteiger partial charge in [-0.05, 0) is 44.5 Å². The Bertz CT molecular complexity index is 518. The SMILES string of the molecule is CCn1ccc(CN2CCCCC[C@@H]2c2ccco2)n1. The topological polar surface area (TPSA) is 34.2 Å². The summed E-state index contributed by atoms with van der Waals surface area (Å²) in [6.07, 6.45) is 8.90. The molecule has 3 heterocycles. The molecule has 1 aliphatic rings. The largest absolute Gasteiger partial charge is 0.468 e. The molecule has 1 aliphatic heterocycles. The first-order valence-corrected chi connectivity index (χ1v) is 7.66. The van der Waals surface area contributed by atoms with E-state index in [-0.39, 0.29) is 0 Å². The number of hydrogen-bond donors (Lipinski definition) is 0. The molecule has 0 aromatic carbocycles. The Morgan fingerprint density at radius 1 is 1.30 bits per heavy atom. The number of aromatic nitrogens is 2. The maximum atomic E-state index is 5.66. The van der Waals surface area contributed by atoms with Crippen LogP contribution in [0.15, 0.2) is 35.1 Å². The summed E-state index contributed by atoms with van der Waals surface area (Å²) >= 11 is 0. The van der Waals surface area contributed by atoms with Crippen LogP contribution in [-0.2, 0) is 13.1 Å². The summed E-state index contributed by atoms with van der Waals surface area (Å²) in [5, 5.41) is 4.61. The van der Waals surface area contributed by atoms with E-state index in [4.69, 9.17) is 4.42 Å². The third-order valence-electron chi connectivity index (χ3n) is 4.12. The van der Waals surface area contributed by atoms with E-state index in [2.05, 4.69) is 35.3 Å². The molecule has 1 saturated heterocycles. The molecule has 0 unspecified atom stereocenters. The van der Waals surface area contributed by atoms with Crippen LogP contribution in [0, 0.1) is 0 Å². The predicted molar refractivity (Wildman–Crippen MR) is 78.2 cm³/mol. The second kappa shape index (κ2) is 6.27. The van der Waals surface area contributed by atoms with E-state index >= 15 is 0 Å². The van der Waals surface area contributed by atoms with Gasteiger partial charge in [-0.3, -0.25) is 9.58 Å². The second-order valence-electron chi connectivity index (χ2n) is 5.51. The first-order chi connectivity index (χ1) is 9.86. The highest BCUT2D eigenvalue weighted by Crippen LogP contribution is 2.31. The van der Waals surface area contributed by atoms with Crippen molar-refractivity contribution in [2.24, 2.45) is 0 Å². The molecule has 20 heavy (non-hydrogen) atoms. The van der Waals surface area contributed by atoms with E-state index < -0.39 is 0 Å². The van der Waals surface area contributed by atoms with Crippen molar-refractivity contribution in [1.82, 2.24) is 14.7 Å². The summed E-state index contributed by atoms with van der Waals surface area (Å²) in [6, 6.07) is 6.63. The molecule has 108 valence electrons. The van der Waals surface area contributed by atoms with Crippen LogP contribution >= 0.6 is 0 Å². The van der Waals surface area contributed by atoms with E-state index in [0.29, 0.717) is 6.04 Å². The first kappa shape index (κ1) is 13.4. The zero-order valence-corrected chi connectivity index (χ0v) is 12.2. The molecule has 4 heteroatoms. The van der Waals surface area contributed by atoms with E-state index in [0.717, 1.165) is 31.1 Å². The second-order valence-corrected chi connectivity index (χ2v) is 5.51. The number of aryl methyl sites for hydroxylation is 1. The highest BCUT2D eigenvalue weighted by molar-refractivity contribution is 5.07. The molecule has 4 nitrogen and oxygen atoms in total. The van der Waals surface area contributed by atoms with Gasteiger partial charge in [-0.25, -0.2) is 0 Å². The van der Waals surface area contributed by atoms with Gasteiger partial charge in [0.25, 0.3) is 0 Å². The Labute approximate surface area is 120 Å².